The smallest absolute Gasteiger partial charge is 0.407 e. The number of nitrogens with one attached hydrogen (secondary N) is 2. The molecule has 0 bridgehead atoms. The Labute approximate surface area is 222 Å². The SMILES string of the molecule is CC(C)(C)OC(=O)NCCn1ccc2ncnc(Nc3ccc(Oc4cccc5sncc45)c(Cl)c3)c21. The molecule has 0 spiro atoms. The molecule has 5 rings (SSSR count). The van der Waals surface area contributed by atoms with Gasteiger partial charge in [-0.2, -0.15) is 4.37 Å². The highest BCUT2D eigenvalue weighted by Gasteiger charge is 2.16. The number of rotatable bonds is 7. The Morgan fingerprint density at radius 3 is 2.81 bits per heavy atom. The van der Waals surface area contributed by atoms with Gasteiger partial charge in [-0.25, -0.2) is 14.8 Å². The number of benzene rings is 2. The van der Waals surface area contributed by atoms with E-state index in [1.54, 1.807) is 12.3 Å². The molecule has 11 heteroatoms. The Morgan fingerprint density at radius 1 is 1.14 bits per heavy atom. The van der Waals surface area contributed by atoms with Gasteiger partial charge in [-0.3, -0.25) is 0 Å². The molecule has 9 nitrogen and oxygen atoms in total. The van der Waals surface area contributed by atoms with Gasteiger partial charge in [0.2, 0.25) is 0 Å². The molecular weight excluding hydrogens is 512 g/mol. The minimum absolute atomic E-state index is 0.386. The lowest BCUT2D eigenvalue weighted by atomic mass is 10.2. The molecule has 2 aromatic carbocycles. The van der Waals surface area contributed by atoms with E-state index in [0.717, 1.165) is 26.8 Å². The zero-order valence-electron chi connectivity index (χ0n) is 20.5. The maximum atomic E-state index is 12.0. The van der Waals surface area contributed by atoms with Gasteiger partial charge in [-0.1, -0.05) is 17.7 Å². The normalized spacial score (nSPS) is 11.6. The van der Waals surface area contributed by atoms with Crippen molar-refractivity contribution in [1.82, 2.24) is 24.2 Å². The van der Waals surface area contributed by atoms with Gasteiger partial charge >= 0.3 is 6.09 Å². The van der Waals surface area contributed by atoms with Gasteiger partial charge in [0.1, 0.15) is 28.9 Å². The molecule has 3 heterocycles. The number of alkyl carbamates (subject to hydrolysis) is 1. The van der Waals surface area contributed by atoms with E-state index in [1.807, 2.05) is 67.9 Å². The van der Waals surface area contributed by atoms with Crippen LogP contribution in [0.2, 0.25) is 5.02 Å². The summed E-state index contributed by atoms with van der Waals surface area (Å²) in [4.78, 5) is 20.8. The fourth-order valence-electron chi connectivity index (χ4n) is 3.78. The first-order valence-corrected chi connectivity index (χ1v) is 12.8. The van der Waals surface area contributed by atoms with Crippen LogP contribution in [0.25, 0.3) is 21.1 Å². The van der Waals surface area contributed by atoms with Gasteiger partial charge < -0.3 is 24.7 Å². The lowest BCUT2D eigenvalue weighted by Crippen LogP contribution is -2.34. The van der Waals surface area contributed by atoms with Crippen LogP contribution >= 0.6 is 23.1 Å². The molecule has 190 valence electrons. The molecule has 0 saturated carbocycles. The summed E-state index contributed by atoms with van der Waals surface area (Å²) in [6.45, 7) is 6.38. The first kappa shape index (κ1) is 24.8. The number of carbonyl (C=O) groups is 1. The van der Waals surface area contributed by atoms with Crippen molar-refractivity contribution in [3.8, 4) is 11.5 Å². The van der Waals surface area contributed by atoms with Gasteiger partial charge in [-0.15, -0.1) is 0 Å². The van der Waals surface area contributed by atoms with Crippen LogP contribution in [0.15, 0.2) is 61.2 Å². The van der Waals surface area contributed by atoms with Gasteiger partial charge in [0.25, 0.3) is 0 Å². The Bertz CT molecular complexity index is 1580. The zero-order valence-corrected chi connectivity index (χ0v) is 22.1. The summed E-state index contributed by atoms with van der Waals surface area (Å²) in [5.74, 6) is 1.85. The van der Waals surface area contributed by atoms with E-state index in [-0.39, 0.29) is 0 Å². The number of ether oxygens (including phenoxy) is 2. The van der Waals surface area contributed by atoms with Crippen molar-refractivity contribution in [3.63, 3.8) is 0 Å². The quantitative estimate of drug-likeness (QED) is 0.237. The topological polar surface area (TPSA) is 103 Å². The molecule has 3 aromatic heterocycles. The number of amides is 1. The maximum Gasteiger partial charge on any atom is 0.407 e. The van der Waals surface area contributed by atoms with Gasteiger partial charge in [-0.05, 0) is 68.7 Å². The molecule has 0 aliphatic carbocycles. The van der Waals surface area contributed by atoms with Crippen LogP contribution in [0.1, 0.15) is 20.8 Å². The lowest BCUT2D eigenvalue weighted by molar-refractivity contribution is 0.0526. The van der Waals surface area contributed by atoms with Crippen LogP contribution < -0.4 is 15.4 Å². The Balaban J connectivity index is 1.31. The van der Waals surface area contributed by atoms with E-state index in [9.17, 15) is 4.79 Å². The molecule has 5 aromatic rings. The minimum Gasteiger partial charge on any atom is -0.455 e. The Hall–Kier alpha value is -3.89. The molecule has 37 heavy (non-hydrogen) atoms. The summed E-state index contributed by atoms with van der Waals surface area (Å²) >= 11 is 7.99. The summed E-state index contributed by atoms with van der Waals surface area (Å²) in [5, 5.41) is 7.50. The van der Waals surface area contributed by atoms with E-state index in [1.165, 1.54) is 17.9 Å². The Kier molecular flexibility index (Phi) is 6.86. The van der Waals surface area contributed by atoms with Gasteiger partial charge in [0.05, 0.1) is 26.8 Å². The van der Waals surface area contributed by atoms with Crippen LogP contribution in [0, 0.1) is 0 Å². The maximum absolute atomic E-state index is 12.0. The van der Waals surface area contributed by atoms with E-state index in [2.05, 4.69) is 25.0 Å². The second-order valence-electron chi connectivity index (χ2n) is 9.26. The van der Waals surface area contributed by atoms with E-state index < -0.39 is 11.7 Å². The van der Waals surface area contributed by atoms with Crippen LogP contribution in [-0.4, -0.2) is 37.1 Å². The third-order valence-electron chi connectivity index (χ3n) is 5.34. The minimum atomic E-state index is -0.550. The average molecular weight is 537 g/mol. The molecule has 0 aliphatic heterocycles. The lowest BCUT2D eigenvalue weighted by Gasteiger charge is -2.19. The zero-order chi connectivity index (χ0) is 26.0. The molecule has 0 atom stereocenters. The van der Waals surface area contributed by atoms with Crippen LogP contribution in [0.3, 0.4) is 0 Å². The summed E-state index contributed by atoms with van der Waals surface area (Å²) in [7, 11) is 0. The number of fused-ring (bicyclic) bond motifs is 2. The fourth-order valence-corrected chi connectivity index (χ4v) is 4.66. The average Bonchev–Trinajstić information content (AvgIpc) is 3.48. The molecule has 0 radical (unpaired) electrons. The van der Waals surface area contributed by atoms with Crippen LogP contribution in [0.4, 0.5) is 16.3 Å². The van der Waals surface area contributed by atoms with Crippen molar-refractivity contribution in [2.75, 3.05) is 11.9 Å². The van der Waals surface area contributed by atoms with Gasteiger partial charge in [0.15, 0.2) is 5.82 Å². The van der Waals surface area contributed by atoms with Crippen molar-refractivity contribution in [3.05, 3.63) is 66.2 Å². The second-order valence-corrected chi connectivity index (χ2v) is 10.5. The number of hydrogen-bond donors (Lipinski definition) is 2. The van der Waals surface area contributed by atoms with Crippen molar-refractivity contribution in [1.29, 1.82) is 0 Å². The Morgan fingerprint density at radius 2 is 2.00 bits per heavy atom. The first-order chi connectivity index (χ1) is 17.8. The summed E-state index contributed by atoms with van der Waals surface area (Å²) in [6, 6.07) is 13.2. The highest BCUT2D eigenvalue weighted by Crippen LogP contribution is 2.36. The predicted octanol–water partition coefficient (Wildman–Crippen LogP) is 6.76. The van der Waals surface area contributed by atoms with Crippen LogP contribution in [-0.2, 0) is 11.3 Å². The number of hydrogen-bond acceptors (Lipinski definition) is 8. The molecule has 0 fully saturated rings. The molecular formula is C26H25ClN6O3S. The van der Waals surface area contributed by atoms with Gasteiger partial charge in [0, 0.05) is 25.0 Å². The fraction of sp³-hybridized carbons (Fsp3) is 0.231. The summed E-state index contributed by atoms with van der Waals surface area (Å²) in [5.41, 5.74) is 1.78. The van der Waals surface area contributed by atoms with E-state index >= 15 is 0 Å². The monoisotopic (exact) mass is 536 g/mol. The van der Waals surface area contributed by atoms with Crippen molar-refractivity contribution < 1.29 is 14.3 Å². The van der Waals surface area contributed by atoms with E-state index in [4.69, 9.17) is 21.1 Å². The number of anilines is 2. The largest absolute Gasteiger partial charge is 0.455 e. The molecule has 2 N–H and O–H groups in total. The van der Waals surface area contributed by atoms with Crippen molar-refractivity contribution in [2.45, 2.75) is 32.9 Å². The van der Waals surface area contributed by atoms with Crippen LogP contribution in [0.5, 0.6) is 11.5 Å². The molecule has 1 amide bonds. The molecule has 0 aliphatic rings. The second kappa shape index (κ2) is 10.2. The molecule has 0 unspecified atom stereocenters. The standard InChI is InChI=1S/C26H25ClN6O3S/c1-26(2,3)36-25(34)28-10-12-33-11-9-19-23(33)24(30-15-29-19)32-16-7-8-21(18(27)13-16)35-20-5-4-6-22-17(20)14-31-37-22/h4-9,11,13-15H,10,12H2,1-3H3,(H,28,34)(H,29,30,32). The highest BCUT2D eigenvalue weighted by atomic mass is 35.5. The predicted molar refractivity (Wildman–Crippen MR) is 146 cm³/mol. The number of aromatic nitrogens is 4. The summed E-state index contributed by atoms with van der Waals surface area (Å²) < 4.78 is 18.6. The molecule has 0 saturated heterocycles. The number of carbonyl (C=O) groups excluding carboxylic acids is 1. The highest BCUT2D eigenvalue weighted by molar-refractivity contribution is 7.13. The van der Waals surface area contributed by atoms with E-state index in [0.29, 0.717) is 35.4 Å². The first-order valence-electron chi connectivity index (χ1n) is 11.6. The number of halogens is 1. The third-order valence-corrected chi connectivity index (χ3v) is 6.40. The van der Waals surface area contributed by atoms with Crippen molar-refractivity contribution in [2.24, 2.45) is 0 Å². The van der Waals surface area contributed by atoms with Crippen molar-refractivity contribution >= 4 is 61.9 Å². The third kappa shape index (κ3) is 5.76. The number of nitrogens with zero attached hydrogens (tertiary/aromatic N) is 4. The summed E-state index contributed by atoms with van der Waals surface area (Å²) in [6.07, 6.45) is 4.74.